The SMILES string of the molecule is CC(C)CC[C@H](C(C)C)N1C(=O)[C@@](C)(CC(=O)NCCOCCOCCOCCNc2cccc3c2CN(C2CCC(=O)NC2=O)C3=O)C[C@H](c2cccc(Cl)c2)[C@H]1c1ccc(Cl)cc1. The molecule has 3 aliphatic heterocycles. The molecule has 0 bridgehead atoms. The van der Waals surface area contributed by atoms with E-state index in [0.717, 1.165) is 35.2 Å². The monoisotopic (exact) mass is 933 g/mol. The third-order valence-electron chi connectivity index (χ3n) is 12.8. The van der Waals surface area contributed by atoms with Crippen LogP contribution in [0, 0.1) is 17.3 Å². The van der Waals surface area contributed by atoms with E-state index in [9.17, 15) is 19.2 Å². The molecule has 3 heterocycles. The summed E-state index contributed by atoms with van der Waals surface area (Å²) in [5, 5.41) is 9.91. The minimum absolute atomic E-state index is 0.0147. The van der Waals surface area contributed by atoms with Gasteiger partial charge in [0.25, 0.3) is 5.91 Å². The van der Waals surface area contributed by atoms with Gasteiger partial charge < -0.3 is 34.6 Å². The maximum Gasteiger partial charge on any atom is 0.255 e. The zero-order valence-corrected chi connectivity index (χ0v) is 39.8. The lowest BCUT2D eigenvalue weighted by Crippen LogP contribution is -2.57. The zero-order chi connectivity index (χ0) is 46.7. The second-order valence-electron chi connectivity index (χ2n) is 18.4. The lowest BCUT2D eigenvalue weighted by Gasteiger charge is -2.53. The summed E-state index contributed by atoms with van der Waals surface area (Å²) in [6.45, 7) is 14.0. The lowest BCUT2D eigenvalue weighted by molar-refractivity contribution is -0.159. The summed E-state index contributed by atoms with van der Waals surface area (Å²) in [5.74, 6) is -0.655. The molecule has 15 heteroatoms. The van der Waals surface area contributed by atoms with Crippen molar-refractivity contribution < 1.29 is 38.2 Å². The van der Waals surface area contributed by atoms with E-state index in [-0.39, 0.29) is 60.4 Å². The number of halogens is 2. The van der Waals surface area contributed by atoms with Crippen LogP contribution in [0.2, 0.25) is 10.0 Å². The minimum atomic E-state index is -0.971. The Labute approximate surface area is 393 Å². The van der Waals surface area contributed by atoms with Crippen LogP contribution in [0.1, 0.15) is 112 Å². The summed E-state index contributed by atoms with van der Waals surface area (Å²) in [6, 6.07) is 20.1. The van der Waals surface area contributed by atoms with Gasteiger partial charge in [-0.2, -0.15) is 0 Å². The van der Waals surface area contributed by atoms with Crippen LogP contribution in [0.25, 0.3) is 0 Å². The predicted octanol–water partition coefficient (Wildman–Crippen LogP) is 7.95. The van der Waals surface area contributed by atoms with Crippen molar-refractivity contribution in [2.45, 2.75) is 104 Å². The molecule has 2 saturated heterocycles. The van der Waals surface area contributed by atoms with Crippen molar-refractivity contribution in [3.05, 3.63) is 99.0 Å². The Morgan fingerprint density at radius 1 is 0.831 bits per heavy atom. The molecular weight excluding hydrogens is 869 g/mol. The number of fused-ring (bicyclic) bond motifs is 1. The molecule has 0 saturated carbocycles. The smallest absolute Gasteiger partial charge is 0.255 e. The first-order chi connectivity index (χ1) is 31.2. The van der Waals surface area contributed by atoms with Crippen molar-refractivity contribution in [2.24, 2.45) is 17.3 Å². The zero-order valence-electron chi connectivity index (χ0n) is 38.3. The van der Waals surface area contributed by atoms with E-state index >= 15 is 4.79 Å². The fourth-order valence-electron chi connectivity index (χ4n) is 9.44. The summed E-state index contributed by atoms with van der Waals surface area (Å²) in [7, 11) is 0. The van der Waals surface area contributed by atoms with Crippen LogP contribution in [0.3, 0.4) is 0 Å². The number of piperidine rings is 2. The number of rotatable bonds is 23. The first-order valence-corrected chi connectivity index (χ1v) is 23.8. The summed E-state index contributed by atoms with van der Waals surface area (Å²) >= 11 is 13.0. The second-order valence-corrected chi connectivity index (χ2v) is 19.3. The normalized spacial score (nSPS) is 21.5. The van der Waals surface area contributed by atoms with Gasteiger partial charge in [-0.15, -0.1) is 0 Å². The van der Waals surface area contributed by atoms with Gasteiger partial charge in [-0.1, -0.05) is 88.2 Å². The number of nitrogens with zero attached hydrogens (tertiary/aromatic N) is 2. The molecule has 3 N–H and O–H groups in total. The molecule has 5 atom stereocenters. The Bertz CT molecular complexity index is 2140. The highest BCUT2D eigenvalue weighted by Crippen LogP contribution is 2.53. The van der Waals surface area contributed by atoms with E-state index in [4.69, 9.17) is 37.4 Å². The topological polar surface area (TPSA) is 156 Å². The number of benzene rings is 3. The van der Waals surface area contributed by atoms with Gasteiger partial charge in [0, 0.05) is 71.3 Å². The highest BCUT2D eigenvalue weighted by atomic mass is 35.5. The molecule has 6 rings (SSSR count). The van der Waals surface area contributed by atoms with Gasteiger partial charge >= 0.3 is 0 Å². The third-order valence-corrected chi connectivity index (χ3v) is 13.3. The van der Waals surface area contributed by atoms with Gasteiger partial charge in [0.1, 0.15) is 6.04 Å². The Morgan fingerprint density at radius 3 is 2.17 bits per heavy atom. The van der Waals surface area contributed by atoms with E-state index in [1.807, 2.05) is 55.5 Å². The molecule has 0 aromatic heterocycles. The largest absolute Gasteiger partial charge is 0.382 e. The maximum atomic E-state index is 15.0. The Morgan fingerprint density at radius 2 is 1.51 bits per heavy atom. The highest BCUT2D eigenvalue weighted by molar-refractivity contribution is 6.30. The fourth-order valence-corrected chi connectivity index (χ4v) is 9.76. The standard InChI is InChI=1S/C50H65Cl2N5O8/c1-32(2)12-17-42(33(3)4)57-46(34-13-15-36(51)16-14-34)39(35-8-6-9-37(52)28-35)29-50(5,49(57)62)30-45(59)54-21-23-64-25-27-65-26-24-63-22-20-53-41-11-7-10-38-40(41)31-56(48(38)61)43-18-19-44(58)55-47(43)60/h6-11,13-16,28,32-33,39,42-43,46,53H,12,17-27,29-31H2,1-5H3,(H,54,59)(H,55,58,60)/t39-,42-,43?,46-,50-/m1/s1. The summed E-state index contributed by atoms with van der Waals surface area (Å²) < 4.78 is 17.1. The number of hydrogen-bond donors (Lipinski definition) is 3. The van der Waals surface area contributed by atoms with Gasteiger partial charge in [0.15, 0.2) is 0 Å². The van der Waals surface area contributed by atoms with Crippen molar-refractivity contribution >= 4 is 58.4 Å². The lowest BCUT2D eigenvalue weighted by atomic mass is 9.66. The molecule has 0 radical (unpaired) electrons. The van der Waals surface area contributed by atoms with Crippen LogP contribution in [-0.2, 0) is 39.9 Å². The fraction of sp³-hybridized carbons (Fsp3) is 0.540. The molecule has 3 aromatic rings. The van der Waals surface area contributed by atoms with E-state index < -0.39 is 17.4 Å². The number of imide groups is 1. The Kier molecular flexibility index (Phi) is 17.9. The van der Waals surface area contributed by atoms with E-state index in [1.165, 1.54) is 4.90 Å². The van der Waals surface area contributed by atoms with Crippen LogP contribution >= 0.6 is 23.2 Å². The van der Waals surface area contributed by atoms with Crippen LogP contribution in [0.15, 0.2) is 66.7 Å². The van der Waals surface area contributed by atoms with Crippen molar-refractivity contribution in [3.8, 4) is 0 Å². The van der Waals surface area contributed by atoms with Gasteiger partial charge in [0.2, 0.25) is 23.6 Å². The molecule has 0 spiro atoms. The number of amides is 5. The molecule has 1 unspecified atom stereocenters. The van der Waals surface area contributed by atoms with Crippen molar-refractivity contribution in [2.75, 3.05) is 58.0 Å². The van der Waals surface area contributed by atoms with E-state index in [2.05, 4.69) is 54.6 Å². The minimum Gasteiger partial charge on any atom is -0.382 e. The number of ether oxygens (including phenoxy) is 3. The van der Waals surface area contributed by atoms with Crippen molar-refractivity contribution in [1.82, 2.24) is 20.4 Å². The molecule has 3 aliphatic rings. The number of carbonyl (C=O) groups excluding carboxylic acids is 5. The van der Waals surface area contributed by atoms with Crippen molar-refractivity contribution in [3.63, 3.8) is 0 Å². The summed E-state index contributed by atoms with van der Waals surface area (Å²) in [4.78, 5) is 69.4. The van der Waals surface area contributed by atoms with Crippen LogP contribution in [-0.4, -0.2) is 104 Å². The first kappa shape index (κ1) is 49.9. The first-order valence-electron chi connectivity index (χ1n) is 23.0. The molecule has 352 valence electrons. The van der Waals surface area contributed by atoms with Gasteiger partial charge in [0.05, 0.1) is 51.1 Å². The summed E-state index contributed by atoms with van der Waals surface area (Å²) in [5.41, 5.74) is 3.24. The average Bonchev–Trinajstić information content (AvgIpc) is 3.60. The molecular formula is C50H65Cl2N5O8. The number of likely N-dealkylation sites (tertiary alicyclic amines) is 1. The van der Waals surface area contributed by atoms with Gasteiger partial charge in [-0.3, -0.25) is 29.3 Å². The van der Waals surface area contributed by atoms with Crippen LogP contribution < -0.4 is 16.0 Å². The molecule has 13 nitrogen and oxygen atoms in total. The number of carbonyl (C=O) groups is 5. The molecule has 0 aliphatic carbocycles. The maximum absolute atomic E-state index is 15.0. The second kappa shape index (κ2) is 23.3. The van der Waals surface area contributed by atoms with Crippen LogP contribution in [0.5, 0.6) is 0 Å². The summed E-state index contributed by atoms with van der Waals surface area (Å²) in [6.07, 6.45) is 2.85. The quantitative estimate of drug-likeness (QED) is 0.0635. The molecule has 5 amide bonds. The Balaban J connectivity index is 0.931. The van der Waals surface area contributed by atoms with E-state index in [1.54, 1.807) is 12.1 Å². The number of anilines is 1. The predicted molar refractivity (Wildman–Crippen MR) is 252 cm³/mol. The average molecular weight is 935 g/mol. The van der Waals surface area contributed by atoms with Gasteiger partial charge in [-0.05, 0) is 85.0 Å². The molecule has 65 heavy (non-hydrogen) atoms. The van der Waals surface area contributed by atoms with E-state index in [0.29, 0.717) is 93.6 Å². The van der Waals surface area contributed by atoms with Crippen molar-refractivity contribution in [1.29, 1.82) is 0 Å². The Hall–Kier alpha value is -4.53. The molecule has 3 aromatic carbocycles. The number of hydrogen-bond acceptors (Lipinski definition) is 9. The van der Waals surface area contributed by atoms with Crippen LogP contribution in [0.4, 0.5) is 5.69 Å². The highest BCUT2D eigenvalue weighted by Gasteiger charge is 2.52. The van der Waals surface area contributed by atoms with Gasteiger partial charge in [-0.25, -0.2) is 0 Å². The number of nitrogens with one attached hydrogen (secondary N) is 3. The molecule has 2 fully saturated rings. The third kappa shape index (κ3) is 12.9.